The number of carbonyl (C=O) groups excluding carboxylic acids is 4. The van der Waals surface area contributed by atoms with Crippen LogP contribution >= 0.6 is 0 Å². The van der Waals surface area contributed by atoms with Crippen molar-refractivity contribution in [1.82, 2.24) is 21.3 Å². The summed E-state index contributed by atoms with van der Waals surface area (Å²) >= 11 is 0. The fourth-order valence-corrected chi connectivity index (χ4v) is 18.6. The summed E-state index contributed by atoms with van der Waals surface area (Å²) in [4.78, 5) is 52.9. The molecule has 12 saturated heterocycles. The minimum atomic E-state index is -2.73. The smallest absolute Gasteiger partial charge is 0.217 e. The highest BCUT2D eigenvalue weighted by molar-refractivity contribution is 5.74. The summed E-state index contributed by atoms with van der Waals surface area (Å²) < 4.78 is 139. The van der Waals surface area contributed by atoms with Gasteiger partial charge in [0, 0.05) is 27.7 Å². The lowest BCUT2D eigenvalue weighted by Crippen LogP contribution is -2.72. The normalized spacial score (nSPS) is 50.9. The van der Waals surface area contributed by atoms with Crippen LogP contribution in [0, 0.1) is 0 Å². The van der Waals surface area contributed by atoms with E-state index in [2.05, 4.69) is 21.3 Å². The van der Waals surface area contributed by atoms with Crippen LogP contribution in [0.5, 0.6) is 0 Å². The van der Waals surface area contributed by atoms with Crippen LogP contribution in [0.4, 0.5) is 0 Å². The maximum absolute atomic E-state index is 13.9. The zero-order chi connectivity index (χ0) is 104. The molecule has 0 spiro atoms. The van der Waals surface area contributed by atoms with Gasteiger partial charge in [-0.05, 0) is 20.8 Å². The molecular weight excluding hydrogens is 1940 g/mol. The number of aliphatic hydroxyl groups excluding tert-OH is 31. The van der Waals surface area contributed by atoms with Crippen LogP contribution in [0.1, 0.15) is 48.5 Å². The average Bonchev–Trinajstić information content (AvgIpc) is 0.766. The zero-order valence-corrected chi connectivity index (χ0v) is 76.9. The van der Waals surface area contributed by atoms with Crippen molar-refractivity contribution in [3.8, 4) is 0 Å². The highest BCUT2D eigenvalue weighted by atomic mass is 16.8. The van der Waals surface area contributed by atoms with Gasteiger partial charge in [0.25, 0.3) is 0 Å². The SMILES string of the molecule is CC(=O)N[C@H]1[C@H](O[C@H]2[C@H](O)[C@@H](NC(C)=O)C(O)O[C@@H]2CO[C@@H]2O[C@@H](C)[C@@H](O)[C@@H](O)[C@@H]2O)O[C@H](CO)[C@@H](O[C@@H]2O[C@H](CO[C@H]3O[C@H](CO)[C@@H](O)[C@H](O)[C@@H]3O[C@@H]3O[C@H](CO)[C@@H](O[C@@H]4O[C@H](CO)[C@H](O)[C@H](O)[C@H]4O)[C@H](O)[C@H]3NC(C)=O)[C@@H](O)[C@H](O[C@H]3O[C@H](CO)[C@@H](O)[C@H](O)[C@@H]3O[C@@H]3O[C@H](CO)[C@@H](O[C@@H]4O[C@H](CO)[C@H](O)[C@H](O)[C@H]4O[C@@H]4O[C@@H](C)[C@@H](O)[C@@H](O)[C@@H]4O)[C@H](O[C@@H]4O[C@@H](C)[C@@H](O)[C@@H](O)[C@@H]4O)[C@H]3NC(C)=O)[C@@H]2O)[C@@H]1O. The molecule has 142 heavy (non-hydrogen) atoms. The fourth-order valence-electron chi connectivity index (χ4n) is 18.6. The van der Waals surface area contributed by atoms with Crippen LogP contribution < -0.4 is 21.3 Å². The van der Waals surface area contributed by atoms with E-state index in [0.717, 1.165) is 27.7 Å². The summed E-state index contributed by atoms with van der Waals surface area (Å²) in [6.07, 6.45) is -119. The fraction of sp³-hybridized carbons (Fsp3) is 0.950. The number of amides is 4. The quantitative estimate of drug-likeness (QED) is 0.0280. The van der Waals surface area contributed by atoms with Gasteiger partial charge in [0.2, 0.25) is 23.6 Å². The average molecular weight is 2080 g/mol. The standard InChI is InChI=1S/C80H134N4O58/c1-17-37(96)48(107)55(114)73(122-17)120-16-32-62(45(104)33(69(119)125-32)81-20(4)92)134-70-34(82-21(5)93)46(105)61(29(13-90)130-70)136-77-59(118)65(44(103)31(133-77)15-121-78-66(52(111)41(100)25(9-86)127-78)140-71-35(83-22(6)94)47(106)60(28(12-89)131-71)135-76-58(117)51(110)40(99)24(8-85)126-76)139-80-67(53(112)42(101)27(11-88)129-80)141-72-36(84-23(7)95)64(138-74-56(115)49(108)38(97)18(2)123-74)63(30(14-91)132-72)137-79-68(54(113)43(102)26(10-87)128-79)142-75-57(116)50(109)39(98)19(3)124-75/h17-19,24-80,85-91,96-119H,8-16H2,1-7H3,(H,81,92)(H,82,93)(H,83,94)(H,84,95)/t17-,18-,19-,24+,25+,26+,27+,28+,29+,30+,31+,32+,33+,34+,35+,36+,37+,38+,39+,40-,41+,42+,43-,44+,45+,46+,47+,48+,49+,50+,51-,52-,53-,54-,55-,56-,57-,58+,59-,60+,61+,62+,63+,64+,65-,66-,67-,68+,69?,70-,71-,72-,73+,74-,75-,76-,77-,78-,79-,80+/m0/s1. The van der Waals surface area contributed by atoms with E-state index in [9.17, 15) is 177 Å². The van der Waals surface area contributed by atoms with Crippen molar-refractivity contribution in [2.24, 2.45) is 0 Å². The first-order valence-electron chi connectivity index (χ1n) is 45.7. The molecule has 1 unspecified atom stereocenters. The van der Waals surface area contributed by atoms with E-state index < -0.39 is 451 Å². The van der Waals surface area contributed by atoms with Gasteiger partial charge < -0.3 is 289 Å². The molecule has 0 aromatic carbocycles. The van der Waals surface area contributed by atoms with Gasteiger partial charge >= 0.3 is 0 Å². The number of ether oxygens (including phenoxy) is 23. The molecule has 62 heteroatoms. The molecule has 62 nitrogen and oxygen atoms in total. The van der Waals surface area contributed by atoms with Gasteiger partial charge in [-0.15, -0.1) is 0 Å². The van der Waals surface area contributed by atoms with Crippen molar-refractivity contribution in [2.75, 3.05) is 59.5 Å². The number of nitrogens with one attached hydrogen (secondary N) is 4. The first-order chi connectivity index (χ1) is 67.1. The maximum Gasteiger partial charge on any atom is 0.217 e. The van der Waals surface area contributed by atoms with Gasteiger partial charge in [0.15, 0.2) is 75.5 Å². The predicted octanol–water partition coefficient (Wildman–Crippen LogP) is -23.5. The van der Waals surface area contributed by atoms with Crippen LogP contribution in [0.3, 0.4) is 0 Å². The van der Waals surface area contributed by atoms with Crippen molar-refractivity contribution in [3.63, 3.8) is 0 Å². The topological polar surface area (TPSA) is 956 Å². The van der Waals surface area contributed by atoms with Crippen molar-refractivity contribution < 1.29 is 286 Å². The van der Waals surface area contributed by atoms with Crippen molar-refractivity contribution >= 4 is 23.6 Å². The summed E-state index contributed by atoms with van der Waals surface area (Å²) in [7, 11) is 0. The third-order valence-corrected chi connectivity index (χ3v) is 26.6. The Balaban J connectivity index is 0.905. The Morgan fingerprint density at radius 2 is 0.451 bits per heavy atom. The molecule has 4 amide bonds. The molecule has 35 N–H and O–H groups in total. The van der Waals surface area contributed by atoms with Crippen LogP contribution in [-0.4, -0.2) is 610 Å². The van der Waals surface area contributed by atoms with Crippen molar-refractivity contribution in [2.45, 2.75) is 417 Å². The molecule has 12 aliphatic heterocycles. The number of carbonyl (C=O) groups is 4. The van der Waals surface area contributed by atoms with Crippen LogP contribution in [-0.2, 0) is 128 Å². The number of hydrogen-bond acceptors (Lipinski definition) is 58. The summed E-state index contributed by atoms with van der Waals surface area (Å²) in [5.74, 6) is -3.98. The summed E-state index contributed by atoms with van der Waals surface area (Å²) in [6, 6.07) is -8.06. The molecule has 0 aromatic rings. The Morgan fingerprint density at radius 1 is 0.197 bits per heavy atom. The third-order valence-electron chi connectivity index (χ3n) is 26.6. The number of hydrogen-bond donors (Lipinski definition) is 35. The molecule has 12 rings (SSSR count). The van der Waals surface area contributed by atoms with E-state index in [1.807, 2.05) is 0 Å². The Morgan fingerprint density at radius 3 is 0.866 bits per heavy atom. The summed E-state index contributed by atoms with van der Waals surface area (Å²) in [6.45, 7) is -3.24. The van der Waals surface area contributed by atoms with E-state index in [4.69, 9.17) is 109 Å². The van der Waals surface area contributed by atoms with Crippen LogP contribution in [0.15, 0.2) is 0 Å². The number of rotatable bonds is 35. The lowest BCUT2D eigenvalue weighted by molar-refractivity contribution is -0.408. The summed E-state index contributed by atoms with van der Waals surface area (Å²) in [5, 5.41) is 361. The zero-order valence-electron chi connectivity index (χ0n) is 76.9. The van der Waals surface area contributed by atoms with Gasteiger partial charge in [-0.3, -0.25) is 19.2 Å². The second-order valence-corrected chi connectivity index (χ2v) is 36.6. The monoisotopic (exact) mass is 2080 g/mol. The molecule has 60 atom stereocenters. The summed E-state index contributed by atoms with van der Waals surface area (Å²) in [5.41, 5.74) is 0. The molecule has 0 bridgehead atoms. The first-order valence-corrected chi connectivity index (χ1v) is 45.7. The van der Waals surface area contributed by atoms with Gasteiger partial charge in [-0.2, -0.15) is 0 Å². The maximum atomic E-state index is 13.9. The predicted molar refractivity (Wildman–Crippen MR) is 437 cm³/mol. The van der Waals surface area contributed by atoms with Crippen molar-refractivity contribution in [3.05, 3.63) is 0 Å². The lowest BCUT2D eigenvalue weighted by Gasteiger charge is -2.52. The molecule has 12 aliphatic rings. The Hall–Kier alpha value is -4.28. The van der Waals surface area contributed by atoms with E-state index in [1.165, 1.54) is 20.8 Å². The van der Waals surface area contributed by atoms with Gasteiger partial charge in [0.1, 0.15) is 274 Å². The highest BCUT2D eigenvalue weighted by Gasteiger charge is 2.64. The van der Waals surface area contributed by atoms with Crippen LogP contribution in [0.25, 0.3) is 0 Å². The molecular formula is C80H134N4O58. The molecule has 822 valence electrons. The van der Waals surface area contributed by atoms with E-state index in [-0.39, 0.29) is 0 Å². The molecule has 0 radical (unpaired) electrons. The third kappa shape index (κ3) is 25.4. The molecule has 12 fully saturated rings. The Bertz CT molecular complexity index is 3940. The minimum Gasteiger partial charge on any atom is -0.394 e. The van der Waals surface area contributed by atoms with Gasteiger partial charge in [0.05, 0.1) is 77.8 Å². The second-order valence-electron chi connectivity index (χ2n) is 36.6. The van der Waals surface area contributed by atoms with Gasteiger partial charge in [-0.1, -0.05) is 0 Å². The van der Waals surface area contributed by atoms with Crippen LogP contribution in [0.2, 0.25) is 0 Å². The molecule has 0 aromatic heterocycles. The second kappa shape index (κ2) is 50.3. The highest BCUT2D eigenvalue weighted by Crippen LogP contribution is 2.43. The molecule has 12 heterocycles. The lowest BCUT2D eigenvalue weighted by atomic mass is 9.93. The van der Waals surface area contributed by atoms with E-state index >= 15 is 0 Å². The Kier molecular flexibility index (Phi) is 41.2. The van der Waals surface area contributed by atoms with Gasteiger partial charge in [-0.25, -0.2) is 0 Å². The number of aliphatic hydroxyl groups is 31. The van der Waals surface area contributed by atoms with Crippen molar-refractivity contribution in [1.29, 1.82) is 0 Å². The van der Waals surface area contributed by atoms with E-state index in [1.54, 1.807) is 0 Å². The molecule has 0 saturated carbocycles. The Labute approximate surface area is 805 Å². The minimum absolute atomic E-state index is 0.867. The molecule has 0 aliphatic carbocycles. The van der Waals surface area contributed by atoms with E-state index in [0.29, 0.717) is 0 Å². The largest absolute Gasteiger partial charge is 0.394 e. The first kappa shape index (κ1) is 116.